The Labute approximate surface area is 116 Å². The van der Waals surface area contributed by atoms with Crippen LogP contribution in [0.4, 0.5) is 0 Å². The minimum atomic E-state index is 0.0396. The molecule has 1 aromatic carbocycles. The molecule has 3 nitrogen and oxygen atoms in total. The number of nitrogens with two attached hydrogens (primary N) is 1. The molecule has 1 aromatic heterocycles. The van der Waals surface area contributed by atoms with E-state index in [4.69, 9.17) is 5.73 Å². The van der Waals surface area contributed by atoms with Gasteiger partial charge in [0.15, 0.2) is 4.34 Å². The van der Waals surface area contributed by atoms with Crippen molar-refractivity contribution in [1.82, 2.24) is 10.2 Å². The Morgan fingerprint density at radius 3 is 2.39 bits per heavy atom. The third kappa shape index (κ3) is 3.54. The zero-order valence-electron chi connectivity index (χ0n) is 10.8. The Hall–Kier alpha value is -0.910. The summed E-state index contributed by atoms with van der Waals surface area (Å²) < 4.78 is 0.993. The molecule has 1 atom stereocenters. The molecule has 0 aliphatic heterocycles. The summed E-state index contributed by atoms with van der Waals surface area (Å²) in [5.41, 5.74) is 9.94. The zero-order valence-corrected chi connectivity index (χ0v) is 12.4. The maximum absolute atomic E-state index is 6.22. The van der Waals surface area contributed by atoms with Crippen molar-refractivity contribution in [2.45, 2.75) is 31.2 Å². The van der Waals surface area contributed by atoms with Gasteiger partial charge in [-0.15, -0.1) is 10.2 Å². The first-order valence-electron chi connectivity index (χ1n) is 5.81. The first-order chi connectivity index (χ1) is 8.54. The van der Waals surface area contributed by atoms with Crippen molar-refractivity contribution < 1.29 is 0 Å². The van der Waals surface area contributed by atoms with Gasteiger partial charge in [0.05, 0.1) is 0 Å². The molecule has 0 radical (unpaired) electrons. The van der Waals surface area contributed by atoms with E-state index in [0.29, 0.717) is 0 Å². The Morgan fingerprint density at radius 1 is 1.17 bits per heavy atom. The van der Waals surface area contributed by atoms with Crippen LogP contribution in [0.5, 0.6) is 0 Å². The summed E-state index contributed by atoms with van der Waals surface area (Å²) in [6.07, 6.45) is 0. The van der Waals surface area contributed by atoms with Gasteiger partial charge in [0.25, 0.3) is 0 Å². The van der Waals surface area contributed by atoms with Crippen LogP contribution in [-0.4, -0.2) is 16.0 Å². The molecule has 18 heavy (non-hydrogen) atoms. The number of aryl methyl sites for hydroxylation is 3. The van der Waals surface area contributed by atoms with Gasteiger partial charge >= 0.3 is 0 Å². The second kappa shape index (κ2) is 5.82. The molecule has 1 heterocycles. The Balaban J connectivity index is 2.01. The number of hydrogen-bond donors (Lipinski definition) is 1. The topological polar surface area (TPSA) is 51.8 Å². The average Bonchev–Trinajstić information content (AvgIpc) is 2.70. The van der Waals surface area contributed by atoms with Gasteiger partial charge in [-0.1, -0.05) is 52.4 Å². The van der Waals surface area contributed by atoms with Crippen molar-refractivity contribution in [2.24, 2.45) is 5.73 Å². The largest absolute Gasteiger partial charge is 0.323 e. The minimum absolute atomic E-state index is 0.0396. The van der Waals surface area contributed by atoms with Gasteiger partial charge in [0.2, 0.25) is 0 Å². The Morgan fingerprint density at radius 2 is 1.83 bits per heavy atom. The molecule has 0 aliphatic rings. The van der Waals surface area contributed by atoms with E-state index in [1.165, 1.54) is 16.7 Å². The quantitative estimate of drug-likeness (QED) is 0.873. The molecule has 2 rings (SSSR count). The molecule has 2 N–H and O–H groups in total. The van der Waals surface area contributed by atoms with Crippen LogP contribution in [0.25, 0.3) is 0 Å². The lowest BCUT2D eigenvalue weighted by atomic mass is 10.0. The maximum atomic E-state index is 6.22. The van der Waals surface area contributed by atoms with Gasteiger partial charge in [0.1, 0.15) is 5.01 Å². The van der Waals surface area contributed by atoms with Crippen LogP contribution in [-0.2, 0) is 0 Å². The lowest BCUT2D eigenvalue weighted by Crippen LogP contribution is -2.13. The summed E-state index contributed by atoms with van der Waals surface area (Å²) in [7, 11) is 0. The fourth-order valence-corrected chi connectivity index (χ4v) is 3.65. The molecule has 0 saturated heterocycles. The van der Waals surface area contributed by atoms with Crippen molar-refractivity contribution in [3.63, 3.8) is 0 Å². The van der Waals surface area contributed by atoms with Gasteiger partial charge in [0, 0.05) is 11.8 Å². The van der Waals surface area contributed by atoms with Crippen molar-refractivity contribution in [3.8, 4) is 0 Å². The first-order valence-corrected chi connectivity index (χ1v) is 7.61. The van der Waals surface area contributed by atoms with Crippen molar-refractivity contribution in [1.29, 1.82) is 0 Å². The van der Waals surface area contributed by atoms with E-state index in [1.807, 2.05) is 6.92 Å². The highest BCUT2D eigenvalue weighted by Gasteiger charge is 2.09. The molecule has 0 amide bonds. The Kier molecular flexibility index (Phi) is 4.37. The van der Waals surface area contributed by atoms with Crippen molar-refractivity contribution in [2.75, 3.05) is 5.75 Å². The van der Waals surface area contributed by atoms with Crippen LogP contribution in [0.1, 0.15) is 27.7 Å². The smallest absolute Gasteiger partial charge is 0.174 e. The second-order valence-corrected chi connectivity index (χ2v) is 6.87. The van der Waals surface area contributed by atoms with E-state index >= 15 is 0 Å². The number of nitrogens with zero attached hydrogens (tertiary/aromatic N) is 2. The standard InChI is InChI=1S/C13H17N3S2/c1-8-4-9(2)6-11(5-8)12(14)7-17-13-16-15-10(3)18-13/h4-6,12H,7,14H2,1-3H3. The lowest BCUT2D eigenvalue weighted by molar-refractivity contribution is 0.827. The van der Waals surface area contributed by atoms with Gasteiger partial charge in [-0.05, 0) is 26.3 Å². The SMILES string of the molecule is Cc1cc(C)cc(C(N)CSc2nnc(C)s2)c1. The molecule has 0 saturated carbocycles. The molecule has 0 spiro atoms. The third-order valence-corrected chi connectivity index (χ3v) is 4.66. The van der Waals surface area contributed by atoms with Gasteiger partial charge in [-0.2, -0.15) is 0 Å². The zero-order chi connectivity index (χ0) is 13.1. The highest BCUT2D eigenvalue weighted by molar-refractivity contribution is 8.01. The maximum Gasteiger partial charge on any atom is 0.174 e. The van der Waals surface area contributed by atoms with E-state index in [1.54, 1.807) is 23.1 Å². The highest BCUT2D eigenvalue weighted by Crippen LogP contribution is 2.26. The van der Waals surface area contributed by atoms with Crippen LogP contribution in [0.2, 0.25) is 0 Å². The first kappa shape index (κ1) is 13.5. The highest BCUT2D eigenvalue weighted by atomic mass is 32.2. The van der Waals surface area contributed by atoms with Crippen molar-refractivity contribution >= 4 is 23.1 Å². The van der Waals surface area contributed by atoms with Crippen LogP contribution >= 0.6 is 23.1 Å². The van der Waals surface area contributed by atoms with Crippen LogP contribution in [0.3, 0.4) is 0 Å². The minimum Gasteiger partial charge on any atom is -0.323 e. The average molecular weight is 279 g/mol. The summed E-state index contributed by atoms with van der Waals surface area (Å²) in [6, 6.07) is 6.52. The predicted molar refractivity (Wildman–Crippen MR) is 78.2 cm³/mol. The molecule has 2 aromatic rings. The molecular formula is C13H17N3S2. The number of thioether (sulfide) groups is 1. The summed E-state index contributed by atoms with van der Waals surface area (Å²) in [4.78, 5) is 0. The van der Waals surface area contributed by atoms with Crippen molar-refractivity contribution in [3.05, 3.63) is 39.9 Å². The van der Waals surface area contributed by atoms with E-state index in [0.717, 1.165) is 15.1 Å². The van der Waals surface area contributed by atoms with Gasteiger partial charge < -0.3 is 5.73 Å². The van der Waals surface area contributed by atoms with Crippen LogP contribution < -0.4 is 5.73 Å². The Bertz CT molecular complexity index is 517. The van der Waals surface area contributed by atoms with E-state index in [-0.39, 0.29) is 6.04 Å². The second-order valence-electron chi connectivity index (χ2n) is 4.43. The van der Waals surface area contributed by atoms with Gasteiger partial charge in [-0.25, -0.2) is 0 Å². The predicted octanol–water partition coefficient (Wildman–Crippen LogP) is 3.26. The summed E-state index contributed by atoms with van der Waals surface area (Å²) in [5, 5.41) is 9.09. The molecule has 0 fully saturated rings. The molecular weight excluding hydrogens is 262 g/mol. The molecule has 1 unspecified atom stereocenters. The molecule has 0 bridgehead atoms. The van der Waals surface area contributed by atoms with E-state index in [2.05, 4.69) is 42.2 Å². The summed E-state index contributed by atoms with van der Waals surface area (Å²) >= 11 is 3.29. The van der Waals surface area contributed by atoms with E-state index < -0.39 is 0 Å². The number of aromatic nitrogens is 2. The number of hydrogen-bond acceptors (Lipinski definition) is 5. The fourth-order valence-electron chi connectivity index (χ4n) is 1.82. The lowest BCUT2D eigenvalue weighted by Gasteiger charge is -2.12. The van der Waals surface area contributed by atoms with Crippen LogP contribution in [0, 0.1) is 20.8 Å². The number of rotatable bonds is 4. The summed E-state index contributed by atoms with van der Waals surface area (Å²) in [5.74, 6) is 0.831. The molecule has 0 aliphatic carbocycles. The fraction of sp³-hybridized carbons (Fsp3) is 0.385. The van der Waals surface area contributed by atoms with E-state index in [9.17, 15) is 0 Å². The normalized spacial score (nSPS) is 12.7. The summed E-state index contributed by atoms with van der Waals surface area (Å²) in [6.45, 7) is 6.17. The molecule has 5 heteroatoms. The monoisotopic (exact) mass is 279 g/mol. The van der Waals surface area contributed by atoms with Gasteiger partial charge in [-0.3, -0.25) is 0 Å². The molecule has 96 valence electrons. The third-order valence-electron chi connectivity index (χ3n) is 2.57. The number of benzene rings is 1. The van der Waals surface area contributed by atoms with Crippen LogP contribution in [0.15, 0.2) is 22.5 Å².